The van der Waals surface area contributed by atoms with E-state index in [1.54, 1.807) is 12.1 Å². The molecule has 4 N–H and O–H groups in total. The number of carbonyl (C=O) groups excluding carboxylic acids is 1. The number of sulfonamides is 1. The molecule has 0 aliphatic rings. The summed E-state index contributed by atoms with van der Waals surface area (Å²) >= 11 is 6.02. The van der Waals surface area contributed by atoms with E-state index in [-0.39, 0.29) is 25.5 Å². The van der Waals surface area contributed by atoms with Crippen LogP contribution < -0.4 is 15.8 Å². The molecule has 0 aliphatic carbocycles. The Hall–Kier alpha value is -1.59. The summed E-state index contributed by atoms with van der Waals surface area (Å²) in [6.07, 6.45) is 1.05. The van der Waals surface area contributed by atoms with E-state index in [4.69, 9.17) is 17.3 Å². The normalized spacial score (nSPS) is 10.6. The highest BCUT2D eigenvalue weighted by atomic mass is 35.5. The van der Waals surface area contributed by atoms with E-state index in [9.17, 15) is 13.2 Å². The van der Waals surface area contributed by atoms with E-state index in [1.807, 2.05) is 0 Å². The van der Waals surface area contributed by atoms with Crippen LogP contribution >= 0.6 is 11.6 Å². The van der Waals surface area contributed by atoms with Crippen molar-refractivity contribution < 1.29 is 13.2 Å². The first-order valence-electron chi connectivity index (χ1n) is 6.05. The van der Waals surface area contributed by atoms with Gasteiger partial charge in [-0.25, -0.2) is 13.1 Å². The lowest BCUT2D eigenvalue weighted by molar-refractivity contribution is 0.0954. The molecule has 1 amide bonds. The zero-order valence-electron chi connectivity index (χ0n) is 11.4. The summed E-state index contributed by atoms with van der Waals surface area (Å²) in [7, 11) is -3.26. The van der Waals surface area contributed by atoms with Gasteiger partial charge in [0, 0.05) is 24.2 Å². The Labute approximate surface area is 129 Å². The van der Waals surface area contributed by atoms with Gasteiger partial charge in [-0.05, 0) is 18.2 Å². The second kappa shape index (κ2) is 8.00. The molecule has 0 radical (unpaired) electrons. The maximum Gasteiger partial charge on any atom is 0.251 e. The van der Waals surface area contributed by atoms with E-state index in [1.165, 1.54) is 6.07 Å². The molecule has 0 fully saturated rings. The fourth-order valence-corrected chi connectivity index (χ4v) is 2.12. The van der Waals surface area contributed by atoms with Crippen molar-refractivity contribution in [1.29, 1.82) is 0 Å². The van der Waals surface area contributed by atoms with Crippen LogP contribution in [0.5, 0.6) is 0 Å². The number of nitrogens with two attached hydrogens (primary N) is 1. The van der Waals surface area contributed by atoms with Crippen LogP contribution in [0, 0.1) is 11.8 Å². The molecule has 0 aromatic heterocycles. The molecule has 8 heteroatoms. The van der Waals surface area contributed by atoms with Gasteiger partial charge in [-0.1, -0.05) is 23.4 Å². The first-order chi connectivity index (χ1) is 9.83. The molecule has 0 spiro atoms. The average molecular weight is 330 g/mol. The van der Waals surface area contributed by atoms with Crippen LogP contribution in [0.3, 0.4) is 0 Å². The summed E-state index contributed by atoms with van der Waals surface area (Å²) in [5, 5.41) is 2.94. The molecule has 1 aromatic carbocycles. The highest BCUT2D eigenvalue weighted by molar-refractivity contribution is 7.88. The summed E-state index contributed by atoms with van der Waals surface area (Å²) in [6.45, 7) is 0.530. The molecule has 21 heavy (non-hydrogen) atoms. The van der Waals surface area contributed by atoms with Crippen molar-refractivity contribution in [3.8, 4) is 11.8 Å². The molecule has 0 atom stereocenters. The van der Waals surface area contributed by atoms with Crippen LogP contribution in [0.4, 0.5) is 0 Å². The van der Waals surface area contributed by atoms with Gasteiger partial charge in [0.2, 0.25) is 10.0 Å². The van der Waals surface area contributed by atoms with Crippen molar-refractivity contribution in [2.75, 3.05) is 25.9 Å². The fourth-order valence-electron chi connectivity index (χ4n) is 1.42. The van der Waals surface area contributed by atoms with E-state index < -0.39 is 10.0 Å². The highest BCUT2D eigenvalue weighted by Gasteiger charge is 2.08. The highest BCUT2D eigenvalue weighted by Crippen LogP contribution is 2.16. The Bertz CT molecular complexity index is 678. The van der Waals surface area contributed by atoms with Gasteiger partial charge in [0.25, 0.3) is 5.91 Å². The van der Waals surface area contributed by atoms with E-state index >= 15 is 0 Å². The lowest BCUT2D eigenvalue weighted by Crippen LogP contribution is -2.34. The van der Waals surface area contributed by atoms with E-state index in [2.05, 4.69) is 21.9 Å². The number of rotatable bonds is 5. The molecule has 0 bridgehead atoms. The summed E-state index contributed by atoms with van der Waals surface area (Å²) < 4.78 is 24.0. The number of hydrogen-bond acceptors (Lipinski definition) is 4. The lowest BCUT2D eigenvalue weighted by Gasteiger charge is -2.06. The van der Waals surface area contributed by atoms with Crippen molar-refractivity contribution in [1.82, 2.24) is 10.0 Å². The lowest BCUT2D eigenvalue weighted by atomic mass is 10.1. The predicted molar refractivity (Wildman–Crippen MR) is 82.6 cm³/mol. The van der Waals surface area contributed by atoms with Gasteiger partial charge in [-0.3, -0.25) is 4.79 Å². The van der Waals surface area contributed by atoms with Crippen molar-refractivity contribution in [2.45, 2.75) is 0 Å². The Balaban J connectivity index is 2.61. The third-order valence-corrected chi connectivity index (χ3v) is 3.37. The van der Waals surface area contributed by atoms with Gasteiger partial charge in [0.1, 0.15) is 0 Å². The monoisotopic (exact) mass is 329 g/mol. The van der Waals surface area contributed by atoms with Gasteiger partial charge in [-0.15, -0.1) is 0 Å². The van der Waals surface area contributed by atoms with Crippen LogP contribution in [0.25, 0.3) is 0 Å². The summed E-state index contributed by atoms with van der Waals surface area (Å²) in [5.41, 5.74) is 6.24. The largest absolute Gasteiger partial charge is 0.351 e. The number of nitrogens with one attached hydrogen (secondary N) is 2. The maximum absolute atomic E-state index is 11.8. The topological polar surface area (TPSA) is 101 Å². The molecule has 114 valence electrons. The molecular weight excluding hydrogens is 314 g/mol. The number of hydrogen-bond donors (Lipinski definition) is 3. The van der Waals surface area contributed by atoms with Crippen LogP contribution in [-0.2, 0) is 10.0 Å². The van der Waals surface area contributed by atoms with Gasteiger partial charge in [0.05, 0.1) is 17.8 Å². The molecule has 0 saturated heterocycles. The van der Waals surface area contributed by atoms with Gasteiger partial charge < -0.3 is 11.1 Å². The van der Waals surface area contributed by atoms with Crippen LogP contribution in [-0.4, -0.2) is 40.2 Å². The zero-order chi connectivity index (χ0) is 15.9. The minimum atomic E-state index is -3.26. The minimum absolute atomic E-state index is 0.123. The third-order valence-electron chi connectivity index (χ3n) is 2.33. The molecule has 6 nitrogen and oxygen atoms in total. The first-order valence-corrected chi connectivity index (χ1v) is 8.32. The Kier molecular flexibility index (Phi) is 6.65. The van der Waals surface area contributed by atoms with Gasteiger partial charge >= 0.3 is 0 Å². The van der Waals surface area contributed by atoms with Crippen LogP contribution in [0.1, 0.15) is 15.9 Å². The molecule has 0 aliphatic heterocycles. The van der Waals surface area contributed by atoms with Crippen molar-refractivity contribution >= 4 is 27.5 Å². The van der Waals surface area contributed by atoms with Crippen molar-refractivity contribution in [3.05, 3.63) is 34.3 Å². The molecule has 1 aromatic rings. The van der Waals surface area contributed by atoms with Crippen LogP contribution in [0.15, 0.2) is 18.2 Å². The van der Waals surface area contributed by atoms with Crippen LogP contribution in [0.2, 0.25) is 5.02 Å². The number of halogens is 1. The SMILES string of the molecule is CS(=O)(=O)NCCNC(=O)c1ccc(C#CCN)c(Cl)c1. The number of benzene rings is 1. The predicted octanol–water partition coefficient (Wildman–Crippen LogP) is -0.0708. The minimum Gasteiger partial charge on any atom is -0.351 e. The molecular formula is C13H16ClN3O3S. The zero-order valence-corrected chi connectivity index (χ0v) is 13.0. The smallest absolute Gasteiger partial charge is 0.251 e. The second-order valence-corrected chi connectivity index (χ2v) is 6.36. The molecule has 0 unspecified atom stereocenters. The molecule has 0 heterocycles. The average Bonchev–Trinajstić information content (AvgIpc) is 2.41. The quantitative estimate of drug-likeness (QED) is 0.520. The van der Waals surface area contributed by atoms with Crippen molar-refractivity contribution in [3.63, 3.8) is 0 Å². The molecule has 0 saturated carbocycles. The number of amides is 1. The number of carbonyl (C=O) groups is 1. The van der Waals surface area contributed by atoms with E-state index in [0.29, 0.717) is 16.1 Å². The standard InChI is InChI=1S/C13H16ClN3O3S/c1-21(19,20)17-8-7-16-13(18)11-5-4-10(3-2-6-15)12(14)9-11/h4-5,9,17H,6-8,15H2,1H3,(H,16,18). The van der Waals surface area contributed by atoms with Gasteiger partial charge in [0.15, 0.2) is 0 Å². The Morgan fingerprint density at radius 1 is 1.38 bits per heavy atom. The summed E-state index contributed by atoms with van der Waals surface area (Å²) in [4.78, 5) is 11.8. The Morgan fingerprint density at radius 3 is 2.67 bits per heavy atom. The summed E-state index contributed by atoms with van der Waals surface area (Å²) in [5.74, 6) is 5.13. The Morgan fingerprint density at radius 2 is 2.10 bits per heavy atom. The molecule has 1 rings (SSSR count). The summed E-state index contributed by atoms with van der Waals surface area (Å²) in [6, 6.07) is 4.72. The third kappa shape index (κ3) is 6.60. The maximum atomic E-state index is 11.8. The van der Waals surface area contributed by atoms with Gasteiger partial charge in [-0.2, -0.15) is 0 Å². The second-order valence-electron chi connectivity index (χ2n) is 4.12. The van der Waals surface area contributed by atoms with E-state index in [0.717, 1.165) is 6.26 Å². The fraction of sp³-hybridized carbons (Fsp3) is 0.308. The van der Waals surface area contributed by atoms with Crippen molar-refractivity contribution in [2.24, 2.45) is 5.73 Å². The first kappa shape index (κ1) is 17.5.